The topological polar surface area (TPSA) is 72.5 Å². The van der Waals surface area contributed by atoms with Gasteiger partial charge in [-0.1, -0.05) is 11.8 Å². The summed E-state index contributed by atoms with van der Waals surface area (Å²) in [7, 11) is 1.92. The summed E-state index contributed by atoms with van der Waals surface area (Å²) in [5, 5.41) is 3.55. The Kier molecular flexibility index (Phi) is 5.86. The van der Waals surface area contributed by atoms with Crippen LogP contribution in [0.4, 0.5) is 15.8 Å². The second-order valence-corrected chi connectivity index (χ2v) is 7.54. The van der Waals surface area contributed by atoms with E-state index in [1.54, 1.807) is 30.5 Å². The van der Waals surface area contributed by atoms with Crippen LogP contribution >= 0.6 is 11.8 Å². The van der Waals surface area contributed by atoms with E-state index in [1.807, 2.05) is 22.7 Å². The number of furan rings is 1. The van der Waals surface area contributed by atoms with Crippen LogP contribution in [-0.2, 0) is 17.5 Å². The van der Waals surface area contributed by atoms with Crippen molar-refractivity contribution in [1.29, 1.82) is 0 Å². The highest BCUT2D eigenvalue weighted by molar-refractivity contribution is 7.98. The quantitative estimate of drug-likeness (QED) is 0.620. The number of hydrogen-bond acceptors (Lipinski definition) is 6. The Morgan fingerprint density at radius 2 is 2.10 bits per heavy atom. The summed E-state index contributed by atoms with van der Waals surface area (Å²) in [5.41, 5.74) is 0.891. The summed E-state index contributed by atoms with van der Waals surface area (Å²) in [4.78, 5) is 18.6. The number of benzene rings is 1. The van der Waals surface area contributed by atoms with E-state index in [-0.39, 0.29) is 11.6 Å². The van der Waals surface area contributed by atoms with Gasteiger partial charge in [0.2, 0.25) is 0 Å². The molecule has 1 aliphatic heterocycles. The Bertz CT molecular complexity index is 997. The van der Waals surface area contributed by atoms with Crippen LogP contribution in [0.1, 0.15) is 16.3 Å². The van der Waals surface area contributed by atoms with Crippen LogP contribution in [0.25, 0.3) is 0 Å². The average molecular weight is 416 g/mol. The molecule has 0 unspecified atom stereocenters. The number of rotatable bonds is 6. The molecule has 1 fully saturated rings. The number of imidazole rings is 1. The molecule has 1 aromatic carbocycles. The van der Waals surface area contributed by atoms with Gasteiger partial charge in [-0.3, -0.25) is 4.79 Å². The molecule has 0 radical (unpaired) electrons. The van der Waals surface area contributed by atoms with E-state index >= 15 is 0 Å². The van der Waals surface area contributed by atoms with Crippen molar-refractivity contribution in [2.45, 2.75) is 10.9 Å². The van der Waals surface area contributed by atoms with Crippen molar-refractivity contribution in [3.63, 3.8) is 0 Å². The van der Waals surface area contributed by atoms with Crippen LogP contribution in [0, 0.1) is 5.82 Å². The third-order valence-electron chi connectivity index (χ3n) is 4.56. The zero-order valence-electron chi connectivity index (χ0n) is 15.9. The fraction of sp³-hybridized carbons (Fsp3) is 0.300. The van der Waals surface area contributed by atoms with E-state index in [9.17, 15) is 9.18 Å². The average Bonchev–Trinajstić information content (AvgIpc) is 3.36. The number of morpholine rings is 1. The Morgan fingerprint density at radius 1 is 1.28 bits per heavy atom. The number of thioether (sulfide) groups is 1. The fourth-order valence-corrected chi connectivity index (χ4v) is 3.87. The van der Waals surface area contributed by atoms with Crippen LogP contribution in [0.2, 0.25) is 0 Å². The molecule has 0 spiro atoms. The lowest BCUT2D eigenvalue weighted by atomic mass is 10.2. The molecule has 7 nitrogen and oxygen atoms in total. The number of carbonyl (C=O) groups excluding carboxylic acids is 1. The Hall–Kier alpha value is -2.78. The van der Waals surface area contributed by atoms with E-state index in [0.717, 1.165) is 5.16 Å². The number of carbonyl (C=O) groups is 1. The zero-order valence-corrected chi connectivity index (χ0v) is 16.7. The van der Waals surface area contributed by atoms with Gasteiger partial charge < -0.3 is 23.9 Å². The highest BCUT2D eigenvalue weighted by Gasteiger charge is 2.17. The molecule has 1 saturated heterocycles. The minimum atomic E-state index is -0.420. The lowest BCUT2D eigenvalue weighted by Gasteiger charge is -2.29. The predicted molar refractivity (Wildman–Crippen MR) is 109 cm³/mol. The van der Waals surface area contributed by atoms with Crippen molar-refractivity contribution in [3.8, 4) is 0 Å². The number of halogens is 1. The second kappa shape index (κ2) is 8.71. The first-order valence-electron chi connectivity index (χ1n) is 9.22. The number of anilines is 2. The number of aryl methyl sites for hydroxylation is 1. The summed E-state index contributed by atoms with van der Waals surface area (Å²) < 4.78 is 27.3. The van der Waals surface area contributed by atoms with E-state index in [1.165, 1.54) is 17.8 Å². The predicted octanol–water partition coefficient (Wildman–Crippen LogP) is 3.53. The molecule has 152 valence electrons. The van der Waals surface area contributed by atoms with Gasteiger partial charge in [-0.15, -0.1) is 0 Å². The van der Waals surface area contributed by atoms with Crippen molar-refractivity contribution >= 4 is 29.0 Å². The van der Waals surface area contributed by atoms with Gasteiger partial charge >= 0.3 is 0 Å². The third-order valence-corrected chi connectivity index (χ3v) is 5.64. The minimum Gasteiger partial charge on any atom is -0.455 e. The zero-order chi connectivity index (χ0) is 20.2. The second-order valence-electron chi connectivity index (χ2n) is 6.60. The van der Waals surface area contributed by atoms with Crippen molar-refractivity contribution in [1.82, 2.24) is 9.55 Å². The monoisotopic (exact) mass is 416 g/mol. The Morgan fingerprint density at radius 3 is 2.83 bits per heavy atom. The highest BCUT2D eigenvalue weighted by atomic mass is 32.2. The van der Waals surface area contributed by atoms with E-state index < -0.39 is 5.91 Å². The van der Waals surface area contributed by atoms with Crippen LogP contribution in [0.5, 0.6) is 0 Å². The lowest BCUT2D eigenvalue weighted by molar-refractivity contribution is 0.0995. The van der Waals surface area contributed by atoms with Gasteiger partial charge in [0.25, 0.3) is 5.91 Å². The molecule has 0 aliphatic carbocycles. The van der Waals surface area contributed by atoms with E-state index in [2.05, 4.69) is 10.3 Å². The van der Waals surface area contributed by atoms with Gasteiger partial charge in [0.15, 0.2) is 10.9 Å². The summed E-state index contributed by atoms with van der Waals surface area (Å²) in [6, 6.07) is 8.05. The Labute approximate surface area is 171 Å². The first kappa shape index (κ1) is 19.5. The van der Waals surface area contributed by atoms with Gasteiger partial charge in [-0.2, -0.15) is 0 Å². The van der Waals surface area contributed by atoms with Gasteiger partial charge in [0.1, 0.15) is 11.6 Å². The first-order valence-corrected chi connectivity index (χ1v) is 10.2. The van der Waals surface area contributed by atoms with Crippen LogP contribution in [0.3, 0.4) is 0 Å². The molecule has 3 heterocycles. The van der Waals surface area contributed by atoms with E-state index in [0.29, 0.717) is 49.2 Å². The van der Waals surface area contributed by atoms with Crippen LogP contribution in [0.15, 0.2) is 52.3 Å². The smallest absolute Gasteiger partial charge is 0.291 e. The van der Waals surface area contributed by atoms with Crippen LogP contribution in [-0.4, -0.2) is 41.8 Å². The van der Waals surface area contributed by atoms with Crippen LogP contribution < -0.4 is 10.2 Å². The SMILES string of the molecule is Cn1ccnc1SCc1ccc(C(=O)Nc2ccc(N3CCOCC3)c(F)c2)o1. The fourth-order valence-electron chi connectivity index (χ4n) is 3.04. The molecule has 2 aromatic heterocycles. The molecule has 0 atom stereocenters. The summed E-state index contributed by atoms with van der Waals surface area (Å²) in [5.74, 6) is 0.601. The number of nitrogens with zero attached hydrogens (tertiary/aromatic N) is 3. The van der Waals surface area contributed by atoms with Crippen molar-refractivity contribution in [3.05, 3.63) is 60.1 Å². The van der Waals surface area contributed by atoms with Crippen molar-refractivity contribution < 1.29 is 18.3 Å². The number of hydrogen-bond donors (Lipinski definition) is 1. The maximum Gasteiger partial charge on any atom is 0.291 e. The number of aromatic nitrogens is 2. The molecule has 4 rings (SSSR count). The number of nitrogens with one attached hydrogen (secondary N) is 1. The molecule has 1 amide bonds. The maximum atomic E-state index is 14.5. The molecule has 1 aliphatic rings. The largest absolute Gasteiger partial charge is 0.455 e. The molecule has 9 heteroatoms. The van der Waals surface area contributed by atoms with Crippen molar-refractivity contribution in [2.24, 2.45) is 7.05 Å². The van der Waals surface area contributed by atoms with Gasteiger partial charge in [0.05, 0.1) is 24.7 Å². The highest BCUT2D eigenvalue weighted by Crippen LogP contribution is 2.25. The standard InChI is InChI=1S/C20H21FN4O3S/c1-24-7-6-22-20(24)29-13-15-3-5-18(28-15)19(26)23-14-2-4-17(16(21)12-14)25-8-10-27-11-9-25/h2-7,12H,8-11,13H2,1H3,(H,23,26). The van der Waals surface area contributed by atoms with E-state index in [4.69, 9.17) is 9.15 Å². The first-order chi connectivity index (χ1) is 14.1. The lowest BCUT2D eigenvalue weighted by Crippen LogP contribution is -2.36. The summed E-state index contributed by atoms with van der Waals surface area (Å²) in [6.07, 6.45) is 3.60. The molecule has 29 heavy (non-hydrogen) atoms. The van der Waals surface area contributed by atoms with Gasteiger partial charge in [-0.05, 0) is 30.3 Å². The molecule has 3 aromatic rings. The number of ether oxygens (including phenoxy) is 1. The summed E-state index contributed by atoms with van der Waals surface area (Å²) in [6.45, 7) is 2.45. The third kappa shape index (κ3) is 4.63. The normalized spacial score (nSPS) is 14.2. The molecular formula is C20H21FN4O3S. The summed E-state index contributed by atoms with van der Waals surface area (Å²) >= 11 is 1.52. The number of amides is 1. The molecule has 1 N–H and O–H groups in total. The van der Waals surface area contributed by atoms with Gasteiger partial charge in [-0.25, -0.2) is 9.37 Å². The molecule has 0 bridgehead atoms. The molecule has 0 saturated carbocycles. The minimum absolute atomic E-state index is 0.179. The Balaban J connectivity index is 1.37. The van der Waals surface area contributed by atoms with Gasteiger partial charge in [0, 0.05) is 38.2 Å². The maximum absolute atomic E-state index is 14.5. The van der Waals surface area contributed by atoms with Crippen molar-refractivity contribution in [2.75, 3.05) is 36.5 Å². The molecular weight excluding hydrogens is 395 g/mol.